The van der Waals surface area contributed by atoms with Gasteiger partial charge in [-0.1, -0.05) is 23.2 Å². The van der Waals surface area contributed by atoms with E-state index in [2.05, 4.69) is 10.3 Å². The van der Waals surface area contributed by atoms with Crippen molar-refractivity contribution in [2.75, 3.05) is 11.1 Å². The molecule has 0 saturated carbocycles. The summed E-state index contributed by atoms with van der Waals surface area (Å²) in [4.78, 5) is 16.5. The Balaban J connectivity index is 2.28. The number of anilines is 2. The van der Waals surface area contributed by atoms with Crippen molar-refractivity contribution in [3.8, 4) is 0 Å². The van der Waals surface area contributed by atoms with Crippen LogP contribution in [0.3, 0.4) is 0 Å². The van der Waals surface area contributed by atoms with Gasteiger partial charge in [0, 0.05) is 11.3 Å². The van der Waals surface area contributed by atoms with E-state index in [1.807, 2.05) is 19.9 Å². The number of aryl methyl sites for hydroxylation is 2. The van der Waals surface area contributed by atoms with Crippen molar-refractivity contribution >= 4 is 40.5 Å². The molecule has 2 aromatic rings. The quantitative estimate of drug-likeness (QED) is 0.828. The van der Waals surface area contributed by atoms with Crippen LogP contribution in [0.4, 0.5) is 11.4 Å². The van der Waals surface area contributed by atoms with Crippen molar-refractivity contribution < 1.29 is 4.79 Å². The monoisotopic (exact) mass is 309 g/mol. The minimum atomic E-state index is -0.316. The molecule has 20 heavy (non-hydrogen) atoms. The second kappa shape index (κ2) is 5.69. The Bertz CT molecular complexity index is 663. The molecule has 1 amide bonds. The largest absolute Gasteiger partial charge is 0.397 e. The normalized spacial score (nSPS) is 10.4. The summed E-state index contributed by atoms with van der Waals surface area (Å²) in [5, 5.41) is 3.26. The maximum absolute atomic E-state index is 12.2. The number of amides is 1. The van der Waals surface area contributed by atoms with Gasteiger partial charge in [-0.15, -0.1) is 0 Å². The average Bonchev–Trinajstić information content (AvgIpc) is 2.38. The van der Waals surface area contributed by atoms with Gasteiger partial charge < -0.3 is 11.1 Å². The number of nitrogens with one attached hydrogen (secondary N) is 1. The van der Waals surface area contributed by atoms with E-state index in [9.17, 15) is 4.79 Å². The summed E-state index contributed by atoms with van der Waals surface area (Å²) >= 11 is 11.8. The molecule has 3 N–H and O–H groups in total. The molecule has 0 aliphatic heterocycles. The Morgan fingerprint density at radius 2 is 1.95 bits per heavy atom. The van der Waals surface area contributed by atoms with Crippen LogP contribution in [-0.4, -0.2) is 10.9 Å². The summed E-state index contributed by atoms with van der Waals surface area (Å²) in [6.45, 7) is 3.71. The number of hydrogen-bond donors (Lipinski definition) is 2. The number of hydrogen-bond acceptors (Lipinski definition) is 3. The third kappa shape index (κ3) is 3.03. The van der Waals surface area contributed by atoms with Crippen LogP contribution >= 0.6 is 23.2 Å². The molecule has 2 rings (SSSR count). The van der Waals surface area contributed by atoms with Crippen LogP contribution in [0.15, 0.2) is 24.3 Å². The standard InChI is InChI=1S/C14H13Cl2N3O/c1-7-3-4-12(8(2)18-7)19-14(20)9-5-10(15)13(16)11(17)6-9/h3-6H,17H2,1-2H3,(H,19,20). The Morgan fingerprint density at radius 1 is 1.25 bits per heavy atom. The van der Waals surface area contributed by atoms with E-state index in [-0.39, 0.29) is 21.6 Å². The van der Waals surface area contributed by atoms with Crippen LogP contribution in [0, 0.1) is 13.8 Å². The van der Waals surface area contributed by atoms with Crippen LogP contribution in [0.5, 0.6) is 0 Å². The van der Waals surface area contributed by atoms with E-state index in [0.717, 1.165) is 11.4 Å². The molecule has 0 aliphatic carbocycles. The number of halogens is 2. The van der Waals surface area contributed by atoms with Crippen molar-refractivity contribution in [2.24, 2.45) is 0 Å². The van der Waals surface area contributed by atoms with Gasteiger partial charge in [-0.3, -0.25) is 9.78 Å². The third-order valence-corrected chi connectivity index (χ3v) is 3.61. The zero-order valence-corrected chi connectivity index (χ0v) is 12.5. The second-order valence-electron chi connectivity index (χ2n) is 4.40. The highest BCUT2D eigenvalue weighted by atomic mass is 35.5. The van der Waals surface area contributed by atoms with Gasteiger partial charge in [-0.2, -0.15) is 0 Å². The van der Waals surface area contributed by atoms with Gasteiger partial charge >= 0.3 is 0 Å². The maximum atomic E-state index is 12.2. The van der Waals surface area contributed by atoms with Crippen molar-refractivity contribution in [2.45, 2.75) is 13.8 Å². The van der Waals surface area contributed by atoms with Crippen molar-refractivity contribution in [3.63, 3.8) is 0 Å². The molecule has 0 spiro atoms. The van der Waals surface area contributed by atoms with Crippen molar-refractivity contribution in [3.05, 3.63) is 51.3 Å². The fourth-order valence-electron chi connectivity index (χ4n) is 1.75. The topological polar surface area (TPSA) is 68.0 Å². The Hall–Kier alpha value is -1.78. The van der Waals surface area contributed by atoms with Gasteiger partial charge in [-0.25, -0.2) is 0 Å². The Morgan fingerprint density at radius 3 is 2.55 bits per heavy atom. The van der Waals surface area contributed by atoms with Crippen LogP contribution in [0.2, 0.25) is 10.0 Å². The smallest absolute Gasteiger partial charge is 0.255 e. The lowest BCUT2D eigenvalue weighted by molar-refractivity contribution is 0.102. The molecule has 0 saturated heterocycles. The molecule has 4 nitrogen and oxygen atoms in total. The molecule has 0 fully saturated rings. The van der Waals surface area contributed by atoms with Crippen LogP contribution in [0.25, 0.3) is 0 Å². The number of nitrogen functional groups attached to an aromatic ring is 1. The number of aromatic nitrogens is 1. The summed E-state index contributed by atoms with van der Waals surface area (Å²) < 4.78 is 0. The minimum absolute atomic E-state index is 0.246. The van der Waals surface area contributed by atoms with E-state index < -0.39 is 0 Å². The number of pyridine rings is 1. The molecule has 6 heteroatoms. The fraction of sp³-hybridized carbons (Fsp3) is 0.143. The Kier molecular flexibility index (Phi) is 4.16. The van der Waals surface area contributed by atoms with Crippen LogP contribution in [0.1, 0.15) is 21.7 Å². The van der Waals surface area contributed by atoms with E-state index in [4.69, 9.17) is 28.9 Å². The molecule has 1 aromatic heterocycles. The molecule has 0 unspecified atom stereocenters. The van der Waals surface area contributed by atoms with Crippen molar-refractivity contribution in [1.29, 1.82) is 0 Å². The van der Waals surface area contributed by atoms with Gasteiger partial charge in [0.2, 0.25) is 0 Å². The molecule has 0 aliphatic rings. The first-order valence-electron chi connectivity index (χ1n) is 5.88. The Labute approximate surface area is 126 Å². The summed E-state index contributed by atoms with van der Waals surface area (Å²) in [7, 11) is 0. The average molecular weight is 310 g/mol. The number of nitrogens with two attached hydrogens (primary N) is 1. The molecule has 0 radical (unpaired) electrons. The zero-order chi connectivity index (χ0) is 14.9. The highest BCUT2D eigenvalue weighted by Crippen LogP contribution is 2.29. The van der Waals surface area contributed by atoms with Crippen LogP contribution < -0.4 is 11.1 Å². The minimum Gasteiger partial charge on any atom is -0.397 e. The lowest BCUT2D eigenvalue weighted by Crippen LogP contribution is -2.14. The highest BCUT2D eigenvalue weighted by molar-refractivity contribution is 6.44. The van der Waals surface area contributed by atoms with Gasteiger partial charge in [0.15, 0.2) is 0 Å². The number of nitrogens with zero attached hydrogens (tertiary/aromatic N) is 1. The van der Waals surface area contributed by atoms with Gasteiger partial charge in [-0.05, 0) is 38.1 Å². The lowest BCUT2D eigenvalue weighted by Gasteiger charge is -2.10. The van der Waals surface area contributed by atoms with Gasteiger partial charge in [0.05, 0.1) is 27.1 Å². The highest BCUT2D eigenvalue weighted by Gasteiger charge is 2.12. The fourth-order valence-corrected chi connectivity index (χ4v) is 2.09. The number of carbonyl (C=O) groups is 1. The molecule has 0 bridgehead atoms. The molecule has 104 valence electrons. The van der Waals surface area contributed by atoms with E-state index in [0.29, 0.717) is 11.3 Å². The van der Waals surface area contributed by atoms with Crippen molar-refractivity contribution in [1.82, 2.24) is 4.98 Å². The van der Waals surface area contributed by atoms with E-state index in [1.54, 1.807) is 6.07 Å². The van der Waals surface area contributed by atoms with Gasteiger partial charge in [0.1, 0.15) is 0 Å². The molecule has 1 heterocycles. The number of benzene rings is 1. The summed E-state index contributed by atoms with van der Waals surface area (Å²) in [6.07, 6.45) is 0. The summed E-state index contributed by atoms with van der Waals surface area (Å²) in [6, 6.07) is 6.59. The number of carbonyl (C=O) groups excluding carboxylic acids is 1. The van der Waals surface area contributed by atoms with E-state index >= 15 is 0 Å². The summed E-state index contributed by atoms with van der Waals surface area (Å²) in [5.41, 5.74) is 8.58. The SMILES string of the molecule is Cc1ccc(NC(=O)c2cc(N)c(Cl)c(Cl)c2)c(C)n1. The molecular weight excluding hydrogens is 297 g/mol. The first-order valence-corrected chi connectivity index (χ1v) is 6.64. The molecule has 0 atom stereocenters. The predicted molar refractivity (Wildman–Crippen MR) is 82.5 cm³/mol. The third-order valence-electron chi connectivity index (χ3n) is 2.79. The predicted octanol–water partition coefficient (Wildman–Crippen LogP) is 3.84. The first kappa shape index (κ1) is 14.6. The molecule has 1 aromatic carbocycles. The van der Waals surface area contributed by atoms with Gasteiger partial charge in [0.25, 0.3) is 5.91 Å². The number of rotatable bonds is 2. The maximum Gasteiger partial charge on any atom is 0.255 e. The van der Waals surface area contributed by atoms with E-state index in [1.165, 1.54) is 12.1 Å². The first-order chi connectivity index (χ1) is 9.38. The van der Waals surface area contributed by atoms with Crippen LogP contribution in [-0.2, 0) is 0 Å². The zero-order valence-electron chi connectivity index (χ0n) is 11.0. The summed E-state index contributed by atoms with van der Waals surface area (Å²) in [5.74, 6) is -0.316. The lowest BCUT2D eigenvalue weighted by atomic mass is 10.1. The molecular formula is C14H13Cl2N3O. The second-order valence-corrected chi connectivity index (χ2v) is 5.19.